The Bertz CT molecular complexity index is 510. The van der Waals surface area contributed by atoms with Crippen molar-refractivity contribution in [1.29, 1.82) is 0 Å². The van der Waals surface area contributed by atoms with E-state index in [0.717, 1.165) is 30.4 Å². The van der Waals surface area contributed by atoms with Crippen LogP contribution in [0.2, 0.25) is 0 Å². The van der Waals surface area contributed by atoms with Gasteiger partial charge in [-0.25, -0.2) is 4.79 Å². The Labute approximate surface area is 119 Å². The molecule has 0 saturated heterocycles. The van der Waals surface area contributed by atoms with Gasteiger partial charge in [0.25, 0.3) is 5.91 Å². The van der Waals surface area contributed by atoms with E-state index in [2.05, 4.69) is 5.32 Å². The molecule has 2 rings (SSSR count). The fourth-order valence-corrected chi connectivity index (χ4v) is 2.94. The van der Waals surface area contributed by atoms with Gasteiger partial charge in [-0.1, -0.05) is 36.5 Å². The van der Waals surface area contributed by atoms with Gasteiger partial charge in [-0.15, -0.1) is 0 Å². The maximum Gasteiger partial charge on any atom is 0.329 e. The van der Waals surface area contributed by atoms with Crippen molar-refractivity contribution in [2.45, 2.75) is 51.5 Å². The Morgan fingerprint density at radius 3 is 2.10 bits per heavy atom. The quantitative estimate of drug-likeness (QED) is 0.891. The molecule has 1 amide bonds. The lowest BCUT2D eigenvalue weighted by Crippen LogP contribution is -2.55. The van der Waals surface area contributed by atoms with Crippen LogP contribution in [-0.2, 0) is 4.79 Å². The van der Waals surface area contributed by atoms with Crippen molar-refractivity contribution < 1.29 is 14.7 Å². The third-order valence-corrected chi connectivity index (χ3v) is 3.95. The molecule has 1 aromatic rings. The lowest BCUT2D eigenvalue weighted by Gasteiger charge is -2.34. The number of aryl methyl sites for hydroxylation is 2. The number of benzene rings is 1. The molecule has 1 aromatic carbocycles. The van der Waals surface area contributed by atoms with Gasteiger partial charge in [0.2, 0.25) is 0 Å². The molecule has 2 N–H and O–H groups in total. The van der Waals surface area contributed by atoms with Crippen LogP contribution < -0.4 is 5.32 Å². The highest BCUT2D eigenvalue weighted by molar-refractivity contribution is 5.98. The fourth-order valence-electron chi connectivity index (χ4n) is 2.94. The first-order valence-electron chi connectivity index (χ1n) is 7.07. The van der Waals surface area contributed by atoms with Crippen LogP contribution in [0.4, 0.5) is 0 Å². The molecule has 1 fully saturated rings. The molecule has 1 aliphatic carbocycles. The van der Waals surface area contributed by atoms with E-state index in [0.29, 0.717) is 18.4 Å². The van der Waals surface area contributed by atoms with Crippen LogP contribution in [-0.4, -0.2) is 22.5 Å². The molecule has 1 aliphatic rings. The van der Waals surface area contributed by atoms with E-state index in [1.807, 2.05) is 19.9 Å². The minimum Gasteiger partial charge on any atom is -0.480 e. The maximum absolute atomic E-state index is 12.4. The molecule has 1 saturated carbocycles. The number of rotatable bonds is 3. The summed E-state index contributed by atoms with van der Waals surface area (Å²) in [4.78, 5) is 23.9. The van der Waals surface area contributed by atoms with Gasteiger partial charge in [-0.2, -0.15) is 0 Å². The zero-order valence-corrected chi connectivity index (χ0v) is 12.0. The molecule has 0 heterocycles. The van der Waals surface area contributed by atoms with Crippen LogP contribution in [0, 0.1) is 13.8 Å². The molecule has 20 heavy (non-hydrogen) atoms. The summed E-state index contributed by atoms with van der Waals surface area (Å²) < 4.78 is 0. The summed E-state index contributed by atoms with van der Waals surface area (Å²) in [5, 5.41) is 12.2. The average Bonchev–Trinajstić information content (AvgIpc) is 2.38. The SMILES string of the molecule is Cc1cc(C)cc(C(=O)NC2(C(=O)O)CCCCC2)c1. The average molecular weight is 275 g/mol. The summed E-state index contributed by atoms with van der Waals surface area (Å²) in [7, 11) is 0. The Morgan fingerprint density at radius 2 is 1.60 bits per heavy atom. The van der Waals surface area contributed by atoms with Crippen LogP contribution in [0.3, 0.4) is 0 Å². The van der Waals surface area contributed by atoms with Crippen LogP contribution in [0.25, 0.3) is 0 Å². The first-order chi connectivity index (χ1) is 9.43. The van der Waals surface area contributed by atoms with Gasteiger partial charge in [0.15, 0.2) is 0 Å². The second-order valence-electron chi connectivity index (χ2n) is 5.78. The van der Waals surface area contributed by atoms with Crippen molar-refractivity contribution in [3.05, 3.63) is 34.9 Å². The summed E-state index contributed by atoms with van der Waals surface area (Å²) in [5.41, 5.74) is 1.45. The molecule has 0 unspecified atom stereocenters. The number of hydrogen-bond donors (Lipinski definition) is 2. The van der Waals surface area contributed by atoms with Crippen LogP contribution in [0.5, 0.6) is 0 Å². The standard InChI is InChI=1S/C16H21NO3/c1-11-8-12(2)10-13(9-11)14(18)17-16(15(19)20)6-4-3-5-7-16/h8-10H,3-7H2,1-2H3,(H,17,18)(H,19,20). The third-order valence-electron chi connectivity index (χ3n) is 3.95. The number of carbonyl (C=O) groups excluding carboxylic acids is 1. The Kier molecular flexibility index (Phi) is 4.12. The van der Waals surface area contributed by atoms with E-state index >= 15 is 0 Å². The number of carboxylic acids is 1. The van der Waals surface area contributed by atoms with Gasteiger partial charge in [0, 0.05) is 5.56 Å². The molecule has 0 aromatic heterocycles. The topological polar surface area (TPSA) is 66.4 Å². The van der Waals surface area contributed by atoms with Gasteiger partial charge >= 0.3 is 5.97 Å². The largest absolute Gasteiger partial charge is 0.480 e. The summed E-state index contributed by atoms with van der Waals surface area (Å²) in [5.74, 6) is -1.21. The van der Waals surface area contributed by atoms with Crippen LogP contribution in [0.15, 0.2) is 18.2 Å². The predicted molar refractivity (Wildman–Crippen MR) is 76.8 cm³/mol. The van der Waals surface area contributed by atoms with Gasteiger partial charge < -0.3 is 10.4 Å². The van der Waals surface area contributed by atoms with Crippen molar-refractivity contribution in [3.63, 3.8) is 0 Å². The molecule has 0 aliphatic heterocycles. The van der Waals surface area contributed by atoms with Crippen LogP contribution >= 0.6 is 0 Å². The minimum absolute atomic E-state index is 0.291. The van der Waals surface area contributed by atoms with E-state index in [9.17, 15) is 14.7 Å². The number of aliphatic carboxylic acids is 1. The molecule has 4 heteroatoms. The Hall–Kier alpha value is -1.84. The molecular formula is C16H21NO3. The first-order valence-corrected chi connectivity index (χ1v) is 7.07. The van der Waals surface area contributed by atoms with E-state index in [1.165, 1.54) is 0 Å². The van der Waals surface area contributed by atoms with Gasteiger partial charge in [-0.05, 0) is 38.8 Å². The van der Waals surface area contributed by atoms with Crippen molar-refractivity contribution in [2.24, 2.45) is 0 Å². The monoisotopic (exact) mass is 275 g/mol. The van der Waals surface area contributed by atoms with Gasteiger partial charge in [0.1, 0.15) is 5.54 Å². The molecule has 0 atom stereocenters. The predicted octanol–water partition coefficient (Wildman–Crippen LogP) is 2.82. The summed E-state index contributed by atoms with van der Waals surface area (Å²) in [6, 6.07) is 5.58. The minimum atomic E-state index is -1.09. The number of nitrogens with one attached hydrogen (secondary N) is 1. The molecule has 0 radical (unpaired) electrons. The number of carbonyl (C=O) groups is 2. The second kappa shape index (κ2) is 5.65. The summed E-state index contributed by atoms with van der Waals surface area (Å²) >= 11 is 0. The zero-order valence-electron chi connectivity index (χ0n) is 12.0. The molecule has 0 bridgehead atoms. The van der Waals surface area contributed by atoms with Crippen LogP contribution in [0.1, 0.15) is 53.6 Å². The zero-order chi connectivity index (χ0) is 14.8. The lowest BCUT2D eigenvalue weighted by atomic mass is 9.81. The van der Waals surface area contributed by atoms with E-state index < -0.39 is 11.5 Å². The van der Waals surface area contributed by atoms with E-state index in [-0.39, 0.29) is 5.91 Å². The first kappa shape index (κ1) is 14.6. The lowest BCUT2D eigenvalue weighted by molar-refractivity contribution is -0.145. The van der Waals surface area contributed by atoms with E-state index in [4.69, 9.17) is 0 Å². The van der Waals surface area contributed by atoms with E-state index in [1.54, 1.807) is 12.1 Å². The van der Waals surface area contributed by atoms with Crippen molar-refractivity contribution in [3.8, 4) is 0 Å². The molecule has 4 nitrogen and oxygen atoms in total. The normalized spacial score (nSPS) is 17.5. The number of amides is 1. The van der Waals surface area contributed by atoms with Crippen molar-refractivity contribution in [2.75, 3.05) is 0 Å². The van der Waals surface area contributed by atoms with Crippen molar-refractivity contribution in [1.82, 2.24) is 5.32 Å². The molecular weight excluding hydrogens is 254 g/mol. The maximum atomic E-state index is 12.4. The third kappa shape index (κ3) is 3.00. The fraction of sp³-hybridized carbons (Fsp3) is 0.500. The van der Waals surface area contributed by atoms with Crippen molar-refractivity contribution >= 4 is 11.9 Å². The molecule has 108 valence electrons. The molecule has 0 spiro atoms. The number of hydrogen-bond acceptors (Lipinski definition) is 2. The highest BCUT2D eigenvalue weighted by Crippen LogP contribution is 2.29. The Balaban J connectivity index is 2.22. The van der Waals surface area contributed by atoms with Gasteiger partial charge in [-0.3, -0.25) is 4.79 Å². The smallest absolute Gasteiger partial charge is 0.329 e. The highest BCUT2D eigenvalue weighted by atomic mass is 16.4. The highest BCUT2D eigenvalue weighted by Gasteiger charge is 2.41. The Morgan fingerprint density at radius 1 is 1.05 bits per heavy atom. The number of carboxylic acid groups (broad SMARTS) is 1. The summed E-state index contributed by atoms with van der Waals surface area (Å²) in [6.07, 6.45) is 3.76. The van der Waals surface area contributed by atoms with Gasteiger partial charge in [0.05, 0.1) is 0 Å². The second-order valence-corrected chi connectivity index (χ2v) is 5.78. The summed E-state index contributed by atoms with van der Waals surface area (Å²) in [6.45, 7) is 3.86.